The molecule has 0 aliphatic heterocycles. The maximum absolute atomic E-state index is 12.9. The van der Waals surface area contributed by atoms with Crippen molar-refractivity contribution in [3.05, 3.63) is 57.5 Å². The summed E-state index contributed by atoms with van der Waals surface area (Å²) in [6.07, 6.45) is 0.806. The number of aromatic nitrogens is 3. The molecule has 3 aromatic rings. The molecule has 0 fully saturated rings. The van der Waals surface area contributed by atoms with Gasteiger partial charge in [-0.3, -0.25) is 14.2 Å². The zero-order valence-corrected chi connectivity index (χ0v) is 17.5. The molecule has 0 radical (unpaired) electrons. The number of nitrogens with zero attached hydrogens (tertiary/aromatic N) is 2. The fourth-order valence-electron chi connectivity index (χ4n) is 2.95. The zero-order valence-electron chi connectivity index (χ0n) is 16.7. The number of carbonyl (C=O) groups excluding carboxylic acids is 1. The molecule has 6 nitrogen and oxygen atoms in total. The van der Waals surface area contributed by atoms with E-state index in [4.69, 9.17) is 0 Å². The lowest BCUT2D eigenvalue weighted by molar-refractivity contribution is -0.118. The summed E-state index contributed by atoms with van der Waals surface area (Å²) >= 11 is 1.30. The molecule has 1 aromatic carbocycles. The second-order valence-corrected chi connectivity index (χ2v) is 8.03. The fraction of sp³-hybridized carbons (Fsp3) is 0.381. The summed E-state index contributed by atoms with van der Waals surface area (Å²) in [7, 11) is 0. The van der Waals surface area contributed by atoms with E-state index in [2.05, 4.69) is 15.3 Å². The van der Waals surface area contributed by atoms with Crippen LogP contribution < -0.4 is 10.9 Å². The minimum Gasteiger partial charge on any atom is -0.353 e. The Kier molecular flexibility index (Phi) is 6.24. The predicted molar refractivity (Wildman–Crippen MR) is 114 cm³/mol. The number of benzene rings is 1. The van der Waals surface area contributed by atoms with Crippen LogP contribution >= 0.6 is 11.8 Å². The molecule has 2 N–H and O–H groups in total. The molecule has 3 rings (SSSR count). The number of nitrogens with one attached hydrogen (secondary N) is 2. The molecule has 2 heterocycles. The number of aryl methyl sites for hydroxylation is 2. The number of carbonyl (C=O) groups is 1. The van der Waals surface area contributed by atoms with Gasteiger partial charge in [0.25, 0.3) is 5.56 Å². The number of fused-ring (bicyclic) bond motifs is 1. The van der Waals surface area contributed by atoms with Crippen LogP contribution in [-0.2, 0) is 11.3 Å². The highest BCUT2D eigenvalue weighted by Crippen LogP contribution is 2.22. The third-order valence-electron chi connectivity index (χ3n) is 4.76. The lowest BCUT2D eigenvalue weighted by Gasteiger charge is -2.17. The van der Waals surface area contributed by atoms with Gasteiger partial charge in [0.1, 0.15) is 5.52 Å². The van der Waals surface area contributed by atoms with E-state index < -0.39 is 0 Å². The van der Waals surface area contributed by atoms with Crippen LogP contribution in [0, 0.1) is 13.8 Å². The third kappa shape index (κ3) is 4.47. The number of rotatable bonds is 7. The Hall–Kier alpha value is -2.54. The van der Waals surface area contributed by atoms with Crippen LogP contribution in [0.4, 0.5) is 0 Å². The SMILES string of the molecule is CCC(C)n1c(SCC(=O)NCc2ccc(C)cc2)nc2cc(C)[nH]c2c1=O. The number of H-pyrrole nitrogens is 1. The Balaban J connectivity index is 1.74. The highest BCUT2D eigenvalue weighted by molar-refractivity contribution is 7.99. The number of thioether (sulfide) groups is 1. The molecule has 0 saturated heterocycles. The molecule has 1 unspecified atom stereocenters. The van der Waals surface area contributed by atoms with Gasteiger partial charge in [-0.15, -0.1) is 0 Å². The third-order valence-corrected chi connectivity index (χ3v) is 5.71. The lowest BCUT2D eigenvalue weighted by atomic mass is 10.1. The summed E-state index contributed by atoms with van der Waals surface area (Å²) in [4.78, 5) is 33.0. The van der Waals surface area contributed by atoms with Crippen LogP contribution in [0.1, 0.15) is 43.1 Å². The topological polar surface area (TPSA) is 79.8 Å². The molecule has 0 aliphatic rings. The molecule has 0 bridgehead atoms. The Morgan fingerprint density at radius 2 is 2.00 bits per heavy atom. The van der Waals surface area contributed by atoms with Gasteiger partial charge in [-0.25, -0.2) is 4.98 Å². The van der Waals surface area contributed by atoms with Crippen molar-refractivity contribution in [3.63, 3.8) is 0 Å². The van der Waals surface area contributed by atoms with Crippen LogP contribution in [0.3, 0.4) is 0 Å². The van der Waals surface area contributed by atoms with Gasteiger partial charge in [0, 0.05) is 18.3 Å². The van der Waals surface area contributed by atoms with Crippen LogP contribution in [0.5, 0.6) is 0 Å². The van der Waals surface area contributed by atoms with Gasteiger partial charge >= 0.3 is 0 Å². The van der Waals surface area contributed by atoms with Crippen LogP contribution in [0.2, 0.25) is 0 Å². The van der Waals surface area contributed by atoms with Crippen molar-refractivity contribution < 1.29 is 4.79 Å². The van der Waals surface area contributed by atoms with E-state index >= 15 is 0 Å². The van der Waals surface area contributed by atoms with Crippen molar-refractivity contribution in [2.75, 3.05) is 5.75 Å². The molecule has 148 valence electrons. The predicted octanol–water partition coefficient (Wildman–Crippen LogP) is 3.72. The standard InChI is InChI=1S/C21H26N4O2S/c1-5-15(4)25-20(27)19-17(10-14(3)23-19)24-21(25)28-12-18(26)22-11-16-8-6-13(2)7-9-16/h6-10,15,23H,5,11-12H2,1-4H3,(H,22,26). The number of hydrogen-bond donors (Lipinski definition) is 2. The second-order valence-electron chi connectivity index (χ2n) is 7.09. The van der Waals surface area contributed by atoms with E-state index in [1.807, 2.05) is 58.0 Å². The highest BCUT2D eigenvalue weighted by atomic mass is 32.2. The molecule has 1 atom stereocenters. The first kappa shape index (κ1) is 20.2. The lowest BCUT2D eigenvalue weighted by Crippen LogP contribution is -2.28. The largest absolute Gasteiger partial charge is 0.353 e. The van der Waals surface area contributed by atoms with E-state index in [1.54, 1.807) is 4.57 Å². The van der Waals surface area contributed by atoms with Gasteiger partial charge in [-0.2, -0.15) is 0 Å². The molecule has 0 aliphatic carbocycles. The first-order valence-electron chi connectivity index (χ1n) is 9.46. The van der Waals surface area contributed by atoms with Gasteiger partial charge < -0.3 is 10.3 Å². The number of amides is 1. The molecule has 0 saturated carbocycles. The molecular weight excluding hydrogens is 372 g/mol. The molecule has 7 heteroatoms. The zero-order chi connectivity index (χ0) is 20.3. The molecule has 28 heavy (non-hydrogen) atoms. The Morgan fingerprint density at radius 1 is 1.29 bits per heavy atom. The van der Waals surface area contributed by atoms with Crippen molar-refractivity contribution in [1.29, 1.82) is 0 Å². The fourth-order valence-corrected chi connectivity index (χ4v) is 3.88. The van der Waals surface area contributed by atoms with E-state index in [1.165, 1.54) is 17.3 Å². The minimum absolute atomic E-state index is 0.00567. The van der Waals surface area contributed by atoms with E-state index in [0.29, 0.717) is 22.7 Å². The number of hydrogen-bond acceptors (Lipinski definition) is 4. The van der Waals surface area contributed by atoms with E-state index in [9.17, 15) is 9.59 Å². The van der Waals surface area contributed by atoms with Gasteiger partial charge in [0.2, 0.25) is 5.91 Å². The Morgan fingerprint density at radius 3 is 2.68 bits per heavy atom. The van der Waals surface area contributed by atoms with Crippen molar-refractivity contribution >= 4 is 28.7 Å². The monoisotopic (exact) mass is 398 g/mol. The van der Waals surface area contributed by atoms with Gasteiger partial charge in [0.15, 0.2) is 5.16 Å². The first-order valence-corrected chi connectivity index (χ1v) is 10.4. The summed E-state index contributed by atoms with van der Waals surface area (Å²) in [5.74, 6) is 0.129. The summed E-state index contributed by atoms with van der Waals surface area (Å²) < 4.78 is 1.69. The maximum atomic E-state index is 12.9. The van der Waals surface area contributed by atoms with Crippen LogP contribution in [0.15, 0.2) is 40.3 Å². The van der Waals surface area contributed by atoms with Crippen molar-refractivity contribution in [2.45, 2.75) is 51.9 Å². The maximum Gasteiger partial charge on any atom is 0.278 e. The van der Waals surface area contributed by atoms with E-state index in [-0.39, 0.29) is 23.3 Å². The van der Waals surface area contributed by atoms with Crippen LogP contribution in [0.25, 0.3) is 11.0 Å². The Bertz CT molecular complexity index is 1040. The number of aromatic amines is 1. The highest BCUT2D eigenvalue weighted by Gasteiger charge is 2.18. The van der Waals surface area contributed by atoms with Crippen molar-refractivity contribution in [3.8, 4) is 0 Å². The first-order chi connectivity index (χ1) is 13.4. The molecule has 1 amide bonds. The quantitative estimate of drug-likeness (QED) is 0.470. The molecule has 2 aromatic heterocycles. The summed E-state index contributed by atoms with van der Waals surface area (Å²) in [5, 5.41) is 3.51. The van der Waals surface area contributed by atoms with Gasteiger partial charge in [-0.05, 0) is 38.8 Å². The van der Waals surface area contributed by atoms with Gasteiger partial charge in [0.05, 0.1) is 11.3 Å². The van der Waals surface area contributed by atoms with Crippen LogP contribution in [-0.4, -0.2) is 26.2 Å². The van der Waals surface area contributed by atoms with Crippen molar-refractivity contribution in [1.82, 2.24) is 19.9 Å². The van der Waals surface area contributed by atoms with Gasteiger partial charge in [-0.1, -0.05) is 48.5 Å². The van der Waals surface area contributed by atoms with E-state index in [0.717, 1.165) is 17.7 Å². The average Bonchev–Trinajstić information content (AvgIpc) is 3.06. The second kappa shape index (κ2) is 8.65. The normalized spacial score (nSPS) is 12.3. The summed E-state index contributed by atoms with van der Waals surface area (Å²) in [5.41, 5.74) is 4.22. The molecule has 0 spiro atoms. The van der Waals surface area contributed by atoms with Crippen molar-refractivity contribution in [2.24, 2.45) is 0 Å². The average molecular weight is 399 g/mol. The Labute approximate surface area is 168 Å². The minimum atomic E-state index is -0.0880. The smallest absolute Gasteiger partial charge is 0.278 e. The molecular formula is C21H26N4O2S. The summed E-state index contributed by atoms with van der Waals surface area (Å²) in [6.45, 7) is 8.45. The summed E-state index contributed by atoms with van der Waals surface area (Å²) in [6, 6.07) is 9.93.